The van der Waals surface area contributed by atoms with Gasteiger partial charge < -0.3 is 10.5 Å². The number of hydrogen-bond acceptors (Lipinski definition) is 5. The summed E-state index contributed by atoms with van der Waals surface area (Å²) in [7, 11) is -2.46. The number of ether oxygens (including phenoxy) is 1. The predicted molar refractivity (Wildman–Crippen MR) is 97.8 cm³/mol. The van der Waals surface area contributed by atoms with Crippen molar-refractivity contribution in [2.24, 2.45) is 11.7 Å². The molecule has 1 amide bonds. The van der Waals surface area contributed by atoms with E-state index in [4.69, 9.17) is 10.5 Å². The largest absolute Gasteiger partial charge is 0.497 e. The van der Waals surface area contributed by atoms with E-state index in [0.29, 0.717) is 11.3 Å². The molecule has 0 spiro atoms. The summed E-state index contributed by atoms with van der Waals surface area (Å²) in [6, 6.07) is 8.49. The van der Waals surface area contributed by atoms with E-state index in [1.54, 1.807) is 50.5 Å². The number of amides is 1. The van der Waals surface area contributed by atoms with Gasteiger partial charge >= 0.3 is 0 Å². The van der Waals surface area contributed by atoms with E-state index in [9.17, 15) is 13.2 Å². The zero-order valence-corrected chi connectivity index (χ0v) is 15.8. The summed E-state index contributed by atoms with van der Waals surface area (Å²) in [5, 5.41) is 0. The molecule has 7 nitrogen and oxygen atoms in total. The third-order valence-electron chi connectivity index (χ3n) is 3.96. The number of aromatic nitrogens is 1. The van der Waals surface area contributed by atoms with Crippen molar-refractivity contribution in [1.82, 2.24) is 9.29 Å². The normalized spacial score (nSPS) is 13.0. The third kappa shape index (κ3) is 4.39. The molecule has 0 fully saturated rings. The Morgan fingerprint density at radius 3 is 2.35 bits per heavy atom. The van der Waals surface area contributed by atoms with Gasteiger partial charge in [0, 0.05) is 18.9 Å². The Labute approximate surface area is 153 Å². The zero-order chi connectivity index (χ0) is 19.3. The monoisotopic (exact) mass is 377 g/mol. The van der Waals surface area contributed by atoms with E-state index in [1.807, 2.05) is 0 Å². The Morgan fingerprint density at radius 1 is 1.23 bits per heavy atom. The van der Waals surface area contributed by atoms with Crippen molar-refractivity contribution < 1.29 is 17.9 Å². The first-order chi connectivity index (χ1) is 12.3. The Kier molecular flexibility index (Phi) is 6.33. The van der Waals surface area contributed by atoms with Crippen molar-refractivity contribution in [3.05, 3.63) is 54.4 Å². The van der Waals surface area contributed by atoms with Crippen LogP contribution in [-0.4, -0.2) is 36.8 Å². The second-order valence-electron chi connectivity index (χ2n) is 6.18. The van der Waals surface area contributed by atoms with E-state index in [-0.39, 0.29) is 17.4 Å². The number of benzene rings is 1. The molecule has 8 heteroatoms. The summed E-state index contributed by atoms with van der Waals surface area (Å²) in [6.45, 7) is 3.51. The zero-order valence-electron chi connectivity index (χ0n) is 15.0. The molecule has 1 heterocycles. The first kappa shape index (κ1) is 19.9. The van der Waals surface area contributed by atoms with Crippen molar-refractivity contribution in [3.63, 3.8) is 0 Å². The maximum Gasteiger partial charge on any atom is 0.244 e. The molecule has 1 aromatic carbocycles. The molecule has 26 heavy (non-hydrogen) atoms. The lowest BCUT2D eigenvalue weighted by Crippen LogP contribution is -2.50. The maximum absolute atomic E-state index is 13.2. The number of carbonyl (C=O) groups is 1. The molecule has 1 atom stereocenters. The van der Waals surface area contributed by atoms with Gasteiger partial charge in [-0.05, 0) is 41.8 Å². The highest BCUT2D eigenvalue weighted by atomic mass is 32.2. The number of rotatable bonds is 8. The highest BCUT2D eigenvalue weighted by molar-refractivity contribution is 7.89. The SMILES string of the molecule is COc1ccc(S(=O)(=O)N(Cc2cccnc2)C(C(N)=O)C(C)C)cc1. The molecule has 1 unspecified atom stereocenters. The minimum Gasteiger partial charge on any atom is -0.497 e. The highest BCUT2D eigenvalue weighted by Crippen LogP contribution is 2.25. The van der Waals surface area contributed by atoms with Crippen LogP contribution in [0.1, 0.15) is 19.4 Å². The van der Waals surface area contributed by atoms with Gasteiger partial charge in [-0.3, -0.25) is 9.78 Å². The van der Waals surface area contributed by atoms with E-state index in [0.717, 1.165) is 4.31 Å². The second kappa shape index (κ2) is 8.29. The molecule has 2 rings (SSSR count). The Hall–Kier alpha value is -2.45. The first-order valence-corrected chi connectivity index (χ1v) is 9.55. The van der Waals surface area contributed by atoms with Crippen LogP contribution in [0, 0.1) is 5.92 Å². The maximum atomic E-state index is 13.2. The molecule has 2 aromatic rings. The molecule has 0 radical (unpaired) electrons. The topological polar surface area (TPSA) is 103 Å². The van der Waals surface area contributed by atoms with Crippen LogP contribution >= 0.6 is 0 Å². The average molecular weight is 377 g/mol. The van der Waals surface area contributed by atoms with Crippen molar-refractivity contribution >= 4 is 15.9 Å². The number of pyridine rings is 1. The molecule has 2 N–H and O–H groups in total. The van der Waals surface area contributed by atoms with Gasteiger partial charge in [0.2, 0.25) is 15.9 Å². The molecule has 0 saturated carbocycles. The van der Waals surface area contributed by atoms with Gasteiger partial charge in [-0.2, -0.15) is 4.31 Å². The molecule has 0 aliphatic rings. The van der Waals surface area contributed by atoms with Gasteiger partial charge in [-0.25, -0.2) is 8.42 Å². The van der Waals surface area contributed by atoms with Gasteiger partial charge in [0.1, 0.15) is 11.8 Å². The number of carbonyl (C=O) groups excluding carboxylic acids is 1. The second-order valence-corrected chi connectivity index (χ2v) is 8.07. The minimum atomic E-state index is -3.96. The number of methoxy groups -OCH3 is 1. The van der Waals surface area contributed by atoms with Gasteiger partial charge in [0.15, 0.2) is 0 Å². The van der Waals surface area contributed by atoms with Crippen LogP contribution in [0.4, 0.5) is 0 Å². The van der Waals surface area contributed by atoms with Gasteiger partial charge in [-0.15, -0.1) is 0 Å². The van der Waals surface area contributed by atoms with E-state index < -0.39 is 22.0 Å². The molecule has 140 valence electrons. The molecule has 0 saturated heterocycles. The lowest BCUT2D eigenvalue weighted by atomic mass is 10.0. The molecule has 0 aliphatic carbocycles. The van der Waals surface area contributed by atoms with Crippen LogP contribution in [0.15, 0.2) is 53.7 Å². The summed E-state index contributed by atoms with van der Waals surface area (Å²) >= 11 is 0. The minimum absolute atomic E-state index is 0.00596. The molecule has 1 aromatic heterocycles. The Bertz CT molecular complexity index is 836. The quantitative estimate of drug-likeness (QED) is 0.755. The fraction of sp³-hybridized carbons (Fsp3) is 0.333. The van der Waals surface area contributed by atoms with Crippen molar-refractivity contribution in [3.8, 4) is 5.75 Å². The van der Waals surface area contributed by atoms with E-state index in [2.05, 4.69) is 4.98 Å². The van der Waals surface area contributed by atoms with Crippen LogP contribution in [0.25, 0.3) is 0 Å². The van der Waals surface area contributed by atoms with Crippen LogP contribution < -0.4 is 10.5 Å². The fourth-order valence-corrected chi connectivity index (χ4v) is 4.41. The Balaban J connectivity index is 2.51. The molecular weight excluding hydrogens is 354 g/mol. The number of nitrogens with zero attached hydrogens (tertiary/aromatic N) is 2. The highest BCUT2D eigenvalue weighted by Gasteiger charge is 2.36. The van der Waals surface area contributed by atoms with E-state index >= 15 is 0 Å². The summed E-state index contributed by atoms with van der Waals surface area (Å²) in [5.74, 6) is -0.448. The standard InChI is InChI=1S/C18H23N3O4S/c1-13(2)17(18(19)22)21(12-14-5-4-10-20-11-14)26(23,24)16-8-6-15(25-3)7-9-16/h4-11,13,17H,12H2,1-3H3,(H2,19,22). The lowest BCUT2D eigenvalue weighted by molar-refractivity contribution is -0.123. The first-order valence-electron chi connectivity index (χ1n) is 8.11. The van der Waals surface area contributed by atoms with Crippen LogP contribution in [0.3, 0.4) is 0 Å². The summed E-state index contributed by atoms with van der Waals surface area (Å²) in [4.78, 5) is 16.1. The molecule has 0 bridgehead atoms. The van der Waals surface area contributed by atoms with E-state index in [1.165, 1.54) is 19.2 Å². The third-order valence-corrected chi connectivity index (χ3v) is 5.80. The van der Waals surface area contributed by atoms with Gasteiger partial charge in [0.25, 0.3) is 0 Å². The Morgan fingerprint density at radius 2 is 1.88 bits per heavy atom. The van der Waals surface area contributed by atoms with Crippen molar-refractivity contribution in [2.75, 3.05) is 7.11 Å². The fourth-order valence-electron chi connectivity index (χ4n) is 2.69. The smallest absolute Gasteiger partial charge is 0.244 e. The number of hydrogen-bond donors (Lipinski definition) is 1. The predicted octanol–water partition coefficient (Wildman–Crippen LogP) is 1.79. The average Bonchev–Trinajstić information content (AvgIpc) is 2.61. The molecular formula is C18H23N3O4S. The lowest BCUT2D eigenvalue weighted by Gasteiger charge is -2.31. The van der Waals surface area contributed by atoms with Crippen molar-refractivity contribution in [2.45, 2.75) is 31.3 Å². The van der Waals surface area contributed by atoms with Crippen LogP contribution in [0.5, 0.6) is 5.75 Å². The van der Waals surface area contributed by atoms with Crippen LogP contribution in [-0.2, 0) is 21.4 Å². The number of sulfonamides is 1. The van der Waals surface area contributed by atoms with Gasteiger partial charge in [0.05, 0.1) is 12.0 Å². The van der Waals surface area contributed by atoms with Gasteiger partial charge in [-0.1, -0.05) is 19.9 Å². The summed E-state index contributed by atoms with van der Waals surface area (Å²) < 4.78 is 32.7. The number of nitrogens with two attached hydrogens (primary N) is 1. The molecule has 0 aliphatic heterocycles. The summed E-state index contributed by atoms with van der Waals surface area (Å²) in [5.41, 5.74) is 6.20. The van der Waals surface area contributed by atoms with Crippen LogP contribution in [0.2, 0.25) is 0 Å². The number of primary amides is 1. The van der Waals surface area contributed by atoms with Crippen molar-refractivity contribution in [1.29, 1.82) is 0 Å². The summed E-state index contributed by atoms with van der Waals surface area (Å²) in [6.07, 6.45) is 3.16.